The Kier molecular flexibility index (Phi) is 5.70. The third-order valence-corrected chi connectivity index (χ3v) is 2.51. The predicted octanol–water partition coefficient (Wildman–Crippen LogP) is 2.62. The van der Waals surface area contributed by atoms with Gasteiger partial charge in [0.2, 0.25) is 0 Å². The molecule has 0 radical (unpaired) electrons. The minimum Gasteiger partial charge on any atom is -0.383 e. The van der Waals surface area contributed by atoms with Crippen molar-refractivity contribution >= 4 is 5.84 Å². The molecule has 0 aliphatic carbocycles. The highest BCUT2D eigenvalue weighted by molar-refractivity contribution is 5.96. The highest BCUT2D eigenvalue weighted by Crippen LogP contribution is 2.07. The molecule has 1 aromatic carbocycles. The Morgan fingerprint density at radius 3 is 2.47 bits per heavy atom. The number of hydrogen-bond donors (Lipinski definition) is 1. The van der Waals surface area contributed by atoms with Crippen LogP contribution in [0.15, 0.2) is 30.3 Å². The zero-order valence-electron chi connectivity index (χ0n) is 10.9. The molecule has 0 saturated carbocycles. The number of ether oxygens (including phenoxy) is 1. The van der Waals surface area contributed by atoms with Gasteiger partial charge in [0.25, 0.3) is 0 Å². The molecule has 0 spiro atoms. The minimum atomic E-state index is 0.538. The molecule has 3 heteroatoms. The van der Waals surface area contributed by atoms with Gasteiger partial charge in [-0.05, 0) is 5.92 Å². The van der Waals surface area contributed by atoms with Crippen LogP contribution in [0.25, 0.3) is 0 Å². The fourth-order valence-electron chi connectivity index (χ4n) is 1.72. The zero-order valence-corrected chi connectivity index (χ0v) is 10.9. The van der Waals surface area contributed by atoms with Crippen molar-refractivity contribution in [2.45, 2.75) is 13.8 Å². The lowest BCUT2D eigenvalue weighted by Gasteiger charge is -2.26. The highest BCUT2D eigenvalue weighted by Gasteiger charge is 2.12. The van der Waals surface area contributed by atoms with Gasteiger partial charge < -0.3 is 9.64 Å². The van der Waals surface area contributed by atoms with Crippen LogP contribution in [0.1, 0.15) is 19.4 Å². The van der Waals surface area contributed by atoms with Crippen LogP contribution >= 0.6 is 0 Å². The van der Waals surface area contributed by atoms with Crippen molar-refractivity contribution in [2.24, 2.45) is 5.92 Å². The molecule has 94 valence electrons. The molecule has 0 fully saturated rings. The molecule has 0 aliphatic heterocycles. The van der Waals surface area contributed by atoms with Crippen LogP contribution in [0.3, 0.4) is 0 Å². The first kappa shape index (κ1) is 13.7. The van der Waals surface area contributed by atoms with Gasteiger partial charge in [0.15, 0.2) is 0 Å². The molecular weight excluding hydrogens is 212 g/mol. The number of methoxy groups -OCH3 is 1. The van der Waals surface area contributed by atoms with Gasteiger partial charge in [0.05, 0.1) is 6.61 Å². The van der Waals surface area contributed by atoms with Gasteiger partial charge in [0, 0.05) is 25.8 Å². The molecule has 0 bridgehead atoms. The lowest BCUT2D eigenvalue weighted by atomic mass is 10.1. The second-order valence-electron chi connectivity index (χ2n) is 4.55. The first-order valence-corrected chi connectivity index (χ1v) is 6.03. The molecule has 0 aliphatic rings. The highest BCUT2D eigenvalue weighted by atomic mass is 16.5. The third kappa shape index (κ3) is 4.57. The Morgan fingerprint density at radius 1 is 1.29 bits per heavy atom. The average molecular weight is 234 g/mol. The fourth-order valence-corrected chi connectivity index (χ4v) is 1.72. The van der Waals surface area contributed by atoms with E-state index >= 15 is 0 Å². The van der Waals surface area contributed by atoms with Crippen LogP contribution < -0.4 is 0 Å². The topological polar surface area (TPSA) is 36.3 Å². The number of amidine groups is 1. The van der Waals surface area contributed by atoms with E-state index in [2.05, 4.69) is 18.7 Å². The Labute approximate surface area is 104 Å². The van der Waals surface area contributed by atoms with Crippen LogP contribution in [0.4, 0.5) is 0 Å². The first-order chi connectivity index (χ1) is 8.15. The van der Waals surface area contributed by atoms with E-state index in [1.165, 1.54) is 0 Å². The lowest BCUT2D eigenvalue weighted by molar-refractivity contribution is 0.172. The van der Waals surface area contributed by atoms with Crippen molar-refractivity contribution < 1.29 is 4.74 Å². The van der Waals surface area contributed by atoms with E-state index in [1.54, 1.807) is 7.11 Å². The predicted molar refractivity (Wildman–Crippen MR) is 71.6 cm³/mol. The van der Waals surface area contributed by atoms with Crippen molar-refractivity contribution in [3.63, 3.8) is 0 Å². The Hall–Kier alpha value is -1.35. The molecule has 1 N–H and O–H groups in total. The molecule has 0 atom stereocenters. The normalized spacial score (nSPS) is 10.6. The van der Waals surface area contributed by atoms with Gasteiger partial charge in [0.1, 0.15) is 5.84 Å². The Morgan fingerprint density at radius 2 is 1.94 bits per heavy atom. The van der Waals surface area contributed by atoms with Gasteiger partial charge >= 0.3 is 0 Å². The smallest absolute Gasteiger partial charge is 0.128 e. The van der Waals surface area contributed by atoms with Crippen molar-refractivity contribution in [2.75, 3.05) is 26.8 Å². The second kappa shape index (κ2) is 7.07. The number of rotatable bonds is 6. The monoisotopic (exact) mass is 234 g/mol. The van der Waals surface area contributed by atoms with Gasteiger partial charge in [-0.1, -0.05) is 44.2 Å². The second-order valence-corrected chi connectivity index (χ2v) is 4.55. The van der Waals surface area contributed by atoms with Crippen LogP contribution in [-0.2, 0) is 4.74 Å². The quantitative estimate of drug-likeness (QED) is 0.606. The van der Waals surface area contributed by atoms with E-state index in [1.807, 2.05) is 30.3 Å². The summed E-state index contributed by atoms with van der Waals surface area (Å²) in [5.41, 5.74) is 0.962. The summed E-state index contributed by atoms with van der Waals surface area (Å²) < 4.78 is 5.10. The summed E-state index contributed by atoms with van der Waals surface area (Å²) in [6.07, 6.45) is 0. The number of nitrogens with zero attached hydrogens (tertiary/aromatic N) is 1. The maximum atomic E-state index is 8.23. The molecule has 17 heavy (non-hydrogen) atoms. The first-order valence-electron chi connectivity index (χ1n) is 6.03. The van der Waals surface area contributed by atoms with E-state index in [4.69, 9.17) is 10.1 Å². The van der Waals surface area contributed by atoms with E-state index < -0.39 is 0 Å². The molecule has 1 rings (SSSR count). The van der Waals surface area contributed by atoms with E-state index in [-0.39, 0.29) is 0 Å². The molecule has 0 heterocycles. The van der Waals surface area contributed by atoms with E-state index in [0.29, 0.717) is 18.4 Å². The molecular formula is C14H22N2O. The summed E-state index contributed by atoms with van der Waals surface area (Å²) in [5, 5.41) is 8.23. The van der Waals surface area contributed by atoms with Gasteiger partial charge in [-0.3, -0.25) is 5.41 Å². The minimum absolute atomic E-state index is 0.538. The van der Waals surface area contributed by atoms with Crippen molar-refractivity contribution in [3.8, 4) is 0 Å². The number of benzene rings is 1. The molecule has 0 aromatic heterocycles. The molecule has 0 unspecified atom stereocenters. The average Bonchev–Trinajstić information content (AvgIpc) is 2.34. The standard InChI is InChI=1S/C14H22N2O/c1-12(2)11-16(9-10-17-3)14(15)13-7-5-4-6-8-13/h4-8,12,15H,9-11H2,1-3H3. The number of hydrogen-bond acceptors (Lipinski definition) is 2. The Balaban J connectivity index is 2.71. The molecule has 1 aromatic rings. The van der Waals surface area contributed by atoms with Crippen LogP contribution in [-0.4, -0.2) is 37.5 Å². The van der Waals surface area contributed by atoms with Gasteiger partial charge in [-0.15, -0.1) is 0 Å². The molecule has 3 nitrogen and oxygen atoms in total. The molecule has 0 amide bonds. The van der Waals surface area contributed by atoms with Gasteiger partial charge in [-0.25, -0.2) is 0 Å². The van der Waals surface area contributed by atoms with Crippen LogP contribution in [0.2, 0.25) is 0 Å². The maximum absolute atomic E-state index is 8.23. The van der Waals surface area contributed by atoms with E-state index in [9.17, 15) is 0 Å². The maximum Gasteiger partial charge on any atom is 0.128 e. The van der Waals surface area contributed by atoms with Crippen molar-refractivity contribution in [1.82, 2.24) is 4.90 Å². The summed E-state index contributed by atoms with van der Waals surface area (Å²) in [6.45, 7) is 6.64. The van der Waals surface area contributed by atoms with E-state index in [0.717, 1.165) is 18.7 Å². The van der Waals surface area contributed by atoms with Crippen molar-refractivity contribution in [3.05, 3.63) is 35.9 Å². The largest absolute Gasteiger partial charge is 0.383 e. The number of nitrogens with one attached hydrogen (secondary N) is 1. The molecule has 0 saturated heterocycles. The summed E-state index contributed by atoms with van der Waals surface area (Å²) in [7, 11) is 1.69. The summed E-state index contributed by atoms with van der Waals surface area (Å²) in [5.74, 6) is 1.12. The summed E-state index contributed by atoms with van der Waals surface area (Å²) >= 11 is 0. The summed E-state index contributed by atoms with van der Waals surface area (Å²) in [4.78, 5) is 2.07. The zero-order chi connectivity index (χ0) is 12.7. The van der Waals surface area contributed by atoms with Gasteiger partial charge in [-0.2, -0.15) is 0 Å². The Bertz CT molecular complexity index is 335. The summed E-state index contributed by atoms with van der Waals surface area (Å²) in [6, 6.07) is 9.85. The lowest BCUT2D eigenvalue weighted by Crippen LogP contribution is -2.36. The SMILES string of the molecule is COCCN(CC(C)C)C(=N)c1ccccc1. The fraction of sp³-hybridized carbons (Fsp3) is 0.500. The van der Waals surface area contributed by atoms with Crippen molar-refractivity contribution in [1.29, 1.82) is 5.41 Å². The van der Waals surface area contributed by atoms with Crippen LogP contribution in [0.5, 0.6) is 0 Å². The third-order valence-electron chi connectivity index (χ3n) is 2.51. The van der Waals surface area contributed by atoms with Crippen LogP contribution in [0, 0.1) is 11.3 Å².